The summed E-state index contributed by atoms with van der Waals surface area (Å²) in [7, 11) is 1.73. The Bertz CT molecular complexity index is 320. The second-order valence-corrected chi connectivity index (χ2v) is 3.99. The fourth-order valence-corrected chi connectivity index (χ4v) is 1.49. The van der Waals surface area contributed by atoms with Gasteiger partial charge in [0.2, 0.25) is 5.28 Å². The van der Waals surface area contributed by atoms with Gasteiger partial charge in [-0.25, -0.2) is 9.97 Å². The molecule has 1 rings (SSSR count). The minimum Gasteiger partial charge on any atom is -0.385 e. The van der Waals surface area contributed by atoms with Gasteiger partial charge in [-0.05, 0) is 37.8 Å². The van der Waals surface area contributed by atoms with Crippen molar-refractivity contribution in [1.82, 2.24) is 9.97 Å². The van der Waals surface area contributed by atoms with E-state index in [1.165, 1.54) is 0 Å². The second kappa shape index (κ2) is 7.41. The zero-order valence-electron chi connectivity index (χ0n) is 9.79. The van der Waals surface area contributed by atoms with Crippen molar-refractivity contribution in [2.45, 2.75) is 26.2 Å². The van der Waals surface area contributed by atoms with E-state index in [9.17, 15) is 0 Å². The first kappa shape index (κ1) is 13.2. The standard InChI is InChI=1S/C11H18ClN3O/c1-9-8-14-11(12)15-10(9)13-6-4-3-5-7-16-2/h8H,3-7H2,1-2H3,(H,13,14,15). The van der Waals surface area contributed by atoms with Crippen LogP contribution in [-0.4, -0.2) is 30.2 Å². The molecule has 1 aromatic rings. The number of rotatable bonds is 7. The van der Waals surface area contributed by atoms with E-state index in [0.29, 0.717) is 0 Å². The molecule has 0 bridgehead atoms. The molecule has 0 saturated carbocycles. The number of anilines is 1. The van der Waals surface area contributed by atoms with E-state index in [1.54, 1.807) is 13.3 Å². The molecule has 16 heavy (non-hydrogen) atoms. The Morgan fingerprint density at radius 3 is 2.94 bits per heavy atom. The topological polar surface area (TPSA) is 47.0 Å². The molecular weight excluding hydrogens is 226 g/mol. The fourth-order valence-electron chi connectivity index (χ4n) is 1.35. The lowest BCUT2D eigenvalue weighted by Crippen LogP contribution is -2.06. The Balaban J connectivity index is 2.23. The Labute approximate surface area is 101 Å². The lowest BCUT2D eigenvalue weighted by Gasteiger charge is -2.07. The predicted octanol–water partition coefficient (Wildman–Crippen LogP) is 2.67. The van der Waals surface area contributed by atoms with Crippen LogP contribution in [0.3, 0.4) is 0 Å². The quantitative estimate of drug-likeness (QED) is 0.591. The van der Waals surface area contributed by atoms with Crippen LogP contribution < -0.4 is 5.32 Å². The van der Waals surface area contributed by atoms with Crippen LogP contribution in [0.4, 0.5) is 5.82 Å². The van der Waals surface area contributed by atoms with Crippen molar-refractivity contribution in [3.63, 3.8) is 0 Å². The van der Waals surface area contributed by atoms with E-state index in [1.807, 2.05) is 6.92 Å². The van der Waals surface area contributed by atoms with Crippen molar-refractivity contribution in [1.29, 1.82) is 0 Å². The third kappa shape index (κ3) is 4.77. The molecule has 1 heterocycles. The monoisotopic (exact) mass is 243 g/mol. The molecular formula is C11H18ClN3O. The predicted molar refractivity (Wildman–Crippen MR) is 66.0 cm³/mol. The zero-order chi connectivity index (χ0) is 11.8. The van der Waals surface area contributed by atoms with Gasteiger partial charge in [0.05, 0.1) is 0 Å². The largest absolute Gasteiger partial charge is 0.385 e. The summed E-state index contributed by atoms with van der Waals surface area (Å²) >= 11 is 5.72. The first-order valence-corrected chi connectivity index (χ1v) is 5.84. The smallest absolute Gasteiger partial charge is 0.224 e. The molecule has 4 nitrogen and oxygen atoms in total. The fraction of sp³-hybridized carbons (Fsp3) is 0.636. The number of hydrogen-bond acceptors (Lipinski definition) is 4. The summed E-state index contributed by atoms with van der Waals surface area (Å²) in [5, 5.41) is 3.54. The van der Waals surface area contributed by atoms with E-state index in [-0.39, 0.29) is 5.28 Å². The lowest BCUT2D eigenvalue weighted by molar-refractivity contribution is 0.192. The molecule has 0 amide bonds. The third-order valence-corrected chi connectivity index (χ3v) is 2.44. The van der Waals surface area contributed by atoms with E-state index in [0.717, 1.165) is 43.8 Å². The summed E-state index contributed by atoms with van der Waals surface area (Å²) in [6, 6.07) is 0. The minimum atomic E-state index is 0.285. The highest BCUT2D eigenvalue weighted by Crippen LogP contribution is 2.12. The summed E-state index contributed by atoms with van der Waals surface area (Å²) in [4.78, 5) is 8.03. The van der Waals surface area contributed by atoms with Gasteiger partial charge in [0.15, 0.2) is 0 Å². The maximum absolute atomic E-state index is 5.72. The highest BCUT2D eigenvalue weighted by atomic mass is 35.5. The first-order valence-electron chi connectivity index (χ1n) is 5.46. The molecule has 0 aliphatic heterocycles. The van der Waals surface area contributed by atoms with Crippen LogP contribution in [-0.2, 0) is 4.74 Å². The van der Waals surface area contributed by atoms with Crippen LogP contribution in [0.5, 0.6) is 0 Å². The maximum Gasteiger partial charge on any atom is 0.224 e. The van der Waals surface area contributed by atoms with Crippen LogP contribution in [0.1, 0.15) is 24.8 Å². The second-order valence-electron chi connectivity index (χ2n) is 3.65. The van der Waals surface area contributed by atoms with Gasteiger partial charge in [0.1, 0.15) is 5.82 Å². The molecule has 0 fully saturated rings. The van der Waals surface area contributed by atoms with Gasteiger partial charge in [-0.3, -0.25) is 0 Å². The number of nitrogens with zero attached hydrogens (tertiary/aromatic N) is 2. The first-order chi connectivity index (χ1) is 7.74. The molecule has 0 aliphatic rings. The summed E-state index contributed by atoms with van der Waals surface area (Å²) in [6.45, 7) is 3.69. The number of aromatic nitrogens is 2. The van der Waals surface area contributed by atoms with Crippen molar-refractivity contribution in [3.8, 4) is 0 Å². The van der Waals surface area contributed by atoms with Gasteiger partial charge in [-0.15, -0.1) is 0 Å². The SMILES string of the molecule is COCCCCCNc1nc(Cl)ncc1C. The summed E-state index contributed by atoms with van der Waals surface area (Å²) in [5.41, 5.74) is 1.02. The van der Waals surface area contributed by atoms with Gasteiger partial charge >= 0.3 is 0 Å². The highest BCUT2D eigenvalue weighted by Gasteiger charge is 2.00. The van der Waals surface area contributed by atoms with Gasteiger partial charge in [-0.1, -0.05) is 0 Å². The van der Waals surface area contributed by atoms with E-state index in [4.69, 9.17) is 16.3 Å². The van der Waals surface area contributed by atoms with Gasteiger partial charge in [0, 0.05) is 32.0 Å². The third-order valence-electron chi connectivity index (χ3n) is 2.26. The summed E-state index contributed by atoms with van der Waals surface area (Å²) < 4.78 is 4.98. The van der Waals surface area contributed by atoms with E-state index in [2.05, 4.69) is 15.3 Å². The summed E-state index contributed by atoms with van der Waals surface area (Å²) in [6.07, 6.45) is 5.08. The molecule has 0 aromatic carbocycles. The van der Waals surface area contributed by atoms with Gasteiger partial charge in [-0.2, -0.15) is 0 Å². The maximum atomic E-state index is 5.72. The summed E-state index contributed by atoms with van der Waals surface area (Å²) in [5.74, 6) is 0.826. The van der Waals surface area contributed by atoms with Crippen molar-refractivity contribution in [2.75, 3.05) is 25.6 Å². The van der Waals surface area contributed by atoms with E-state index >= 15 is 0 Å². The van der Waals surface area contributed by atoms with Crippen molar-refractivity contribution in [3.05, 3.63) is 17.0 Å². The zero-order valence-corrected chi connectivity index (χ0v) is 10.5. The highest BCUT2D eigenvalue weighted by molar-refractivity contribution is 6.28. The molecule has 0 spiro atoms. The van der Waals surface area contributed by atoms with Crippen molar-refractivity contribution in [2.24, 2.45) is 0 Å². The number of hydrogen-bond donors (Lipinski definition) is 1. The van der Waals surface area contributed by atoms with Crippen LogP contribution in [0.25, 0.3) is 0 Å². The molecule has 90 valence electrons. The van der Waals surface area contributed by atoms with Gasteiger partial charge in [0.25, 0.3) is 0 Å². The van der Waals surface area contributed by atoms with Crippen LogP contribution >= 0.6 is 11.6 Å². The Morgan fingerprint density at radius 2 is 2.19 bits per heavy atom. The molecule has 0 radical (unpaired) electrons. The van der Waals surface area contributed by atoms with Gasteiger partial charge < -0.3 is 10.1 Å². The molecule has 0 saturated heterocycles. The molecule has 1 aromatic heterocycles. The number of halogens is 1. The molecule has 5 heteroatoms. The molecule has 0 unspecified atom stereocenters. The Hall–Kier alpha value is -0.870. The average Bonchev–Trinajstić information content (AvgIpc) is 2.28. The van der Waals surface area contributed by atoms with Crippen LogP contribution in [0, 0.1) is 6.92 Å². The lowest BCUT2D eigenvalue weighted by atomic mass is 10.2. The Morgan fingerprint density at radius 1 is 1.38 bits per heavy atom. The molecule has 1 N–H and O–H groups in total. The molecule has 0 aliphatic carbocycles. The van der Waals surface area contributed by atoms with Crippen LogP contribution in [0.15, 0.2) is 6.20 Å². The number of nitrogens with one attached hydrogen (secondary N) is 1. The van der Waals surface area contributed by atoms with E-state index < -0.39 is 0 Å². The van der Waals surface area contributed by atoms with Crippen molar-refractivity contribution < 1.29 is 4.74 Å². The Kier molecular flexibility index (Phi) is 6.11. The molecule has 0 atom stereocenters. The minimum absolute atomic E-state index is 0.285. The normalized spacial score (nSPS) is 10.4. The number of ether oxygens (including phenoxy) is 1. The number of aryl methyl sites for hydroxylation is 1. The number of methoxy groups -OCH3 is 1. The van der Waals surface area contributed by atoms with Crippen LogP contribution in [0.2, 0.25) is 5.28 Å². The average molecular weight is 244 g/mol. The number of unbranched alkanes of at least 4 members (excludes halogenated alkanes) is 2. The van der Waals surface area contributed by atoms with Crippen molar-refractivity contribution >= 4 is 17.4 Å².